The summed E-state index contributed by atoms with van der Waals surface area (Å²) in [6.45, 7) is 2.40. The van der Waals surface area contributed by atoms with Gasteiger partial charge in [0.15, 0.2) is 0 Å². The van der Waals surface area contributed by atoms with E-state index in [0.29, 0.717) is 6.61 Å². The van der Waals surface area contributed by atoms with E-state index in [4.69, 9.17) is 14.2 Å². The van der Waals surface area contributed by atoms with Crippen LogP contribution in [-0.2, 0) is 4.74 Å². The molecular weight excluding hydrogens is 286 g/mol. The predicted molar refractivity (Wildman–Crippen MR) is 68.8 cm³/mol. The van der Waals surface area contributed by atoms with E-state index in [1.165, 1.54) is 0 Å². The fraction of sp³-hybridized carbons (Fsp3) is 0.500. The smallest absolute Gasteiger partial charge is 0.129 e. The van der Waals surface area contributed by atoms with Crippen molar-refractivity contribution in [1.29, 1.82) is 0 Å². The summed E-state index contributed by atoms with van der Waals surface area (Å²) < 4.78 is 17.3. The van der Waals surface area contributed by atoms with E-state index in [9.17, 15) is 0 Å². The molecule has 1 fully saturated rings. The number of hydrogen-bond donors (Lipinski definition) is 1. The first-order chi connectivity index (χ1) is 8.26. The van der Waals surface area contributed by atoms with Crippen molar-refractivity contribution in [2.45, 2.75) is 6.10 Å². The van der Waals surface area contributed by atoms with Crippen molar-refractivity contribution < 1.29 is 14.2 Å². The third-order valence-corrected chi connectivity index (χ3v) is 3.43. The van der Waals surface area contributed by atoms with Crippen molar-refractivity contribution >= 4 is 15.9 Å². The van der Waals surface area contributed by atoms with Crippen LogP contribution in [0.4, 0.5) is 0 Å². The molecule has 1 heterocycles. The first kappa shape index (κ1) is 12.7. The van der Waals surface area contributed by atoms with Crippen molar-refractivity contribution in [2.75, 3.05) is 33.9 Å². The lowest BCUT2D eigenvalue weighted by Gasteiger charge is -2.26. The molecule has 94 valence electrons. The molecular formula is C12H16BrNO3. The molecule has 2 rings (SSSR count). The number of hydrogen-bond acceptors (Lipinski definition) is 4. The van der Waals surface area contributed by atoms with Crippen LogP contribution in [0.1, 0.15) is 11.7 Å². The summed E-state index contributed by atoms with van der Waals surface area (Å²) in [6.07, 6.45) is 0.0129. The van der Waals surface area contributed by atoms with Gasteiger partial charge in [-0.15, -0.1) is 0 Å². The highest BCUT2D eigenvalue weighted by Crippen LogP contribution is 2.38. The maximum absolute atomic E-state index is 5.75. The molecule has 0 aliphatic carbocycles. The van der Waals surface area contributed by atoms with E-state index in [0.717, 1.165) is 34.6 Å². The zero-order valence-electron chi connectivity index (χ0n) is 9.96. The van der Waals surface area contributed by atoms with Crippen LogP contribution in [0.25, 0.3) is 0 Å². The highest BCUT2D eigenvalue weighted by Gasteiger charge is 2.23. The first-order valence-corrected chi connectivity index (χ1v) is 6.29. The van der Waals surface area contributed by atoms with Gasteiger partial charge in [0.05, 0.1) is 26.9 Å². The Bertz CT molecular complexity index is 392. The third kappa shape index (κ3) is 2.73. The number of nitrogens with one attached hydrogen (secondary N) is 1. The Morgan fingerprint density at radius 2 is 2.18 bits per heavy atom. The van der Waals surface area contributed by atoms with Gasteiger partial charge in [-0.05, 0) is 6.07 Å². The summed E-state index contributed by atoms with van der Waals surface area (Å²) in [5, 5.41) is 3.31. The van der Waals surface area contributed by atoms with Crippen LogP contribution in [0.15, 0.2) is 16.6 Å². The van der Waals surface area contributed by atoms with Crippen LogP contribution < -0.4 is 14.8 Å². The van der Waals surface area contributed by atoms with Crippen LogP contribution in [0.3, 0.4) is 0 Å². The van der Waals surface area contributed by atoms with Gasteiger partial charge in [0.1, 0.15) is 11.5 Å². The van der Waals surface area contributed by atoms with E-state index in [-0.39, 0.29) is 6.10 Å². The molecule has 0 aromatic heterocycles. The van der Waals surface area contributed by atoms with Crippen molar-refractivity contribution in [2.24, 2.45) is 0 Å². The highest BCUT2D eigenvalue weighted by atomic mass is 79.9. The standard InChI is InChI=1S/C12H16BrNO3/c1-15-8-5-9(13)12(10(6-8)16-2)11-7-14-3-4-17-11/h5-6,11,14H,3-4,7H2,1-2H3. The lowest BCUT2D eigenvalue weighted by atomic mass is 10.1. The molecule has 1 saturated heterocycles. The Kier molecular flexibility index (Phi) is 4.25. The molecule has 0 spiro atoms. The van der Waals surface area contributed by atoms with Gasteiger partial charge in [-0.25, -0.2) is 0 Å². The Balaban J connectivity index is 2.36. The van der Waals surface area contributed by atoms with E-state index in [2.05, 4.69) is 21.2 Å². The average Bonchev–Trinajstić information content (AvgIpc) is 2.38. The van der Waals surface area contributed by atoms with E-state index < -0.39 is 0 Å². The summed E-state index contributed by atoms with van der Waals surface area (Å²) in [7, 11) is 3.29. The third-order valence-electron chi connectivity index (χ3n) is 2.77. The van der Waals surface area contributed by atoms with Crippen molar-refractivity contribution in [1.82, 2.24) is 5.32 Å². The zero-order valence-corrected chi connectivity index (χ0v) is 11.5. The Hall–Kier alpha value is -0.780. The molecule has 1 atom stereocenters. The molecule has 0 amide bonds. The van der Waals surface area contributed by atoms with E-state index in [1.54, 1.807) is 14.2 Å². The highest BCUT2D eigenvalue weighted by molar-refractivity contribution is 9.10. The Labute approximate surface area is 109 Å². The number of ether oxygens (including phenoxy) is 3. The van der Waals surface area contributed by atoms with Crippen LogP contribution in [0, 0.1) is 0 Å². The van der Waals surface area contributed by atoms with Gasteiger partial charge in [0.25, 0.3) is 0 Å². The maximum atomic E-state index is 5.75. The molecule has 0 radical (unpaired) electrons. The summed E-state index contributed by atoms with van der Waals surface area (Å²) in [5.41, 5.74) is 1.03. The molecule has 1 aromatic carbocycles. The quantitative estimate of drug-likeness (QED) is 0.928. The second kappa shape index (κ2) is 5.71. The lowest BCUT2D eigenvalue weighted by molar-refractivity contribution is 0.0258. The van der Waals surface area contributed by atoms with Crippen molar-refractivity contribution in [3.63, 3.8) is 0 Å². The second-order valence-corrected chi connectivity index (χ2v) is 4.64. The molecule has 1 aliphatic heterocycles. The fourth-order valence-electron chi connectivity index (χ4n) is 1.92. The molecule has 1 unspecified atom stereocenters. The number of rotatable bonds is 3. The van der Waals surface area contributed by atoms with Gasteiger partial charge in [-0.3, -0.25) is 0 Å². The van der Waals surface area contributed by atoms with Crippen LogP contribution >= 0.6 is 15.9 Å². The second-order valence-electron chi connectivity index (χ2n) is 3.79. The topological polar surface area (TPSA) is 39.7 Å². The van der Waals surface area contributed by atoms with Gasteiger partial charge in [0, 0.05) is 29.2 Å². The summed E-state index contributed by atoms with van der Waals surface area (Å²) in [4.78, 5) is 0. The fourth-order valence-corrected chi connectivity index (χ4v) is 2.60. The number of benzene rings is 1. The number of morpholine rings is 1. The zero-order chi connectivity index (χ0) is 12.3. The van der Waals surface area contributed by atoms with E-state index in [1.807, 2.05) is 12.1 Å². The lowest BCUT2D eigenvalue weighted by Crippen LogP contribution is -2.33. The van der Waals surface area contributed by atoms with Crippen LogP contribution in [0.5, 0.6) is 11.5 Å². The monoisotopic (exact) mass is 301 g/mol. The molecule has 1 aliphatic rings. The van der Waals surface area contributed by atoms with Crippen LogP contribution in [-0.4, -0.2) is 33.9 Å². The molecule has 1 N–H and O–H groups in total. The summed E-state index contributed by atoms with van der Waals surface area (Å²) in [5.74, 6) is 1.55. The minimum atomic E-state index is 0.0129. The maximum Gasteiger partial charge on any atom is 0.129 e. The summed E-state index contributed by atoms with van der Waals surface area (Å²) >= 11 is 3.55. The van der Waals surface area contributed by atoms with Gasteiger partial charge < -0.3 is 19.5 Å². The molecule has 0 saturated carbocycles. The molecule has 17 heavy (non-hydrogen) atoms. The van der Waals surface area contributed by atoms with Crippen molar-refractivity contribution in [3.05, 3.63) is 22.2 Å². The Morgan fingerprint density at radius 3 is 2.76 bits per heavy atom. The normalized spacial score (nSPS) is 20.1. The molecule has 4 nitrogen and oxygen atoms in total. The van der Waals surface area contributed by atoms with Crippen LogP contribution in [0.2, 0.25) is 0 Å². The molecule has 1 aromatic rings. The number of methoxy groups -OCH3 is 2. The minimum Gasteiger partial charge on any atom is -0.497 e. The average molecular weight is 302 g/mol. The summed E-state index contributed by atoms with van der Waals surface area (Å²) in [6, 6.07) is 3.80. The van der Waals surface area contributed by atoms with E-state index >= 15 is 0 Å². The molecule has 5 heteroatoms. The Morgan fingerprint density at radius 1 is 1.35 bits per heavy atom. The minimum absolute atomic E-state index is 0.0129. The SMILES string of the molecule is COc1cc(Br)c(C2CNCCO2)c(OC)c1. The predicted octanol–water partition coefficient (Wildman–Crippen LogP) is 2.13. The van der Waals surface area contributed by atoms with Gasteiger partial charge in [0.2, 0.25) is 0 Å². The largest absolute Gasteiger partial charge is 0.497 e. The molecule has 0 bridgehead atoms. The van der Waals surface area contributed by atoms with Crippen molar-refractivity contribution in [3.8, 4) is 11.5 Å². The van der Waals surface area contributed by atoms with Gasteiger partial charge in [-0.1, -0.05) is 15.9 Å². The van der Waals surface area contributed by atoms with Gasteiger partial charge in [-0.2, -0.15) is 0 Å². The van der Waals surface area contributed by atoms with Gasteiger partial charge >= 0.3 is 0 Å². The first-order valence-electron chi connectivity index (χ1n) is 5.50. The number of halogens is 1.